The number of nitrogens with two attached hydrogens (primary N) is 1. The van der Waals surface area contributed by atoms with E-state index in [4.69, 9.17) is 20.3 Å². The van der Waals surface area contributed by atoms with E-state index in [-0.39, 0.29) is 36.2 Å². The number of hydrogen-bond donors (Lipinski definition) is 3. The molecule has 0 radical (unpaired) electrons. The highest BCUT2D eigenvalue weighted by Gasteiger charge is 2.41. The number of ether oxygens (including phenoxy) is 1. The van der Waals surface area contributed by atoms with Gasteiger partial charge in [0.2, 0.25) is 11.8 Å². The highest BCUT2D eigenvalue weighted by atomic mass is 31.2. The fraction of sp³-hybridized carbons (Fsp3) is 0.500. The molecule has 2 atom stereocenters. The van der Waals surface area contributed by atoms with Gasteiger partial charge >= 0.3 is 0 Å². The molecular weight excluding hydrogens is 301 g/mol. The molecule has 2 aromatic heterocycles. The molecule has 3 heterocycles. The topological polar surface area (TPSA) is 165 Å². The number of imidazole rings is 1. The number of rotatable bonds is 3. The smallest absolute Gasteiger partial charge is 0.259 e. The molecule has 1 saturated heterocycles. The zero-order valence-corrected chi connectivity index (χ0v) is 11.7. The third-order valence-corrected chi connectivity index (χ3v) is 4.44. The summed E-state index contributed by atoms with van der Waals surface area (Å²) in [6.07, 6.45) is 1.81. The zero-order valence-electron chi connectivity index (χ0n) is 10.8. The van der Waals surface area contributed by atoms with E-state index < -0.39 is 19.7 Å². The molecule has 10 nitrogen and oxygen atoms in total. The number of nitrogens with zero attached hydrogens (tertiary/aromatic N) is 4. The SMILES string of the molecule is Nc1nc([O-])c2ncn(C[C@@H]3CC[C@@H]([P+]([O-])(O)O)O3)c2n1. The maximum atomic E-state index is 11.6. The van der Waals surface area contributed by atoms with Gasteiger partial charge in [0.25, 0.3) is 7.94 Å². The Morgan fingerprint density at radius 3 is 2.86 bits per heavy atom. The number of hydrogen-bond acceptors (Lipinski definition) is 9. The Labute approximate surface area is 119 Å². The number of fused-ring (bicyclic) bond motifs is 1. The second-order valence-corrected chi connectivity index (χ2v) is 6.59. The van der Waals surface area contributed by atoms with Crippen LogP contribution in [0, 0.1) is 0 Å². The predicted molar refractivity (Wildman–Crippen MR) is 68.4 cm³/mol. The van der Waals surface area contributed by atoms with Gasteiger partial charge in [-0.25, -0.2) is 19.8 Å². The minimum absolute atomic E-state index is 0.105. The molecular formula is C10H13N5O5P-. The van der Waals surface area contributed by atoms with E-state index in [1.165, 1.54) is 6.33 Å². The number of anilines is 1. The van der Waals surface area contributed by atoms with E-state index in [0.717, 1.165) is 0 Å². The third-order valence-electron chi connectivity index (χ3n) is 3.31. The summed E-state index contributed by atoms with van der Waals surface area (Å²) in [5, 5.41) is 11.6. The van der Waals surface area contributed by atoms with Crippen molar-refractivity contribution in [1.29, 1.82) is 0 Å². The van der Waals surface area contributed by atoms with Crippen LogP contribution in [-0.2, 0) is 11.3 Å². The van der Waals surface area contributed by atoms with Gasteiger partial charge in [-0.1, -0.05) is 0 Å². The van der Waals surface area contributed by atoms with Crippen LogP contribution in [0.4, 0.5) is 5.95 Å². The van der Waals surface area contributed by atoms with Crippen molar-refractivity contribution in [3.63, 3.8) is 0 Å². The van der Waals surface area contributed by atoms with Crippen molar-refractivity contribution in [2.45, 2.75) is 31.3 Å². The third kappa shape index (κ3) is 2.76. The first-order valence-corrected chi connectivity index (χ1v) is 7.89. The van der Waals surface area contributed by atoms with Gasteiger partial charge < -0.3 is 25.0 Å². The summed E-state index contributed by atoms with van der Waals surface area (Å²) < 4.78 is 6.91. The lowest BCUT2D eigenvalue weighted by atomic mass is 10.2. The second kappa shape index (κ2) is 5.00. The van der Waals surface area contributed by atoms with Gasteiger partial charge in [-0.3, -0.25) is 0 Å². The zero-order chi connectivity index (χ0) is 15.2. The van der Waals surface area contributed by atoms with E-state index in [0.29, 0.717) is 6.42 Å². The van der Waals surface area contributed by atoms with Gasteiger partial charge in [-0.15, -0.1) is 0 Å². The van der Waals surface area contributed by atoms with Crippen LogP contribution in [0.15, 0.2) is 6.33 Å². The van der Waals surface area contributed by atoms with E-state index >= 15 is 0 Å². The largest absolute Gasteiger partial charge is 0.857 e. The van der Waals surface area contributed by atoms with E-state index in [1.807, 2.05) is 0 Å². The van der Waals surface area contributed by atoms with Gasteiger partial charge in [0.1, 0.15) is 5.52 Å². The Hall–Kier alpha value is -1.58. The summed E-state index contributed by atoms with van der Waals surface area (Å²) in [6, 6.07) is 0. The molecule has 2 aromatic rings. The van der Waals surface area contributed by atoms with Crippen LogP contribution in [0.5, 0.6) is 5.88 Å². The lowest BCUT2D eigenvalue weighted by molar-refractivity contribution is -0.272. The van der Waals surface area contributed by atoms with Crippen LogP contribution in [0.2, 0.25) is 0 Å². The first kappa shape index (κ1) is 14.4. The fourth-order valence-electron chi connectivity index (χ4n) is 2.36. The van der Waals surface area contributed by atoms with Crippen LogP contribution < -0.4 is 15.7 Å². The van der Waals surface area contributed by atoms with Crippen molar-refractivity contribution in [3.05, 3.63) is 6.33 Å². The molecule has 114 valence electrons. The molecule has 1 fully saturated rings. The minimum Gasteiger partial charge on any atom is -0.857 e. The van der Waals surface area contributed by atoms with Gasteiger partial charge in [-0.05, 0) is 6.42 Å². The van der Waals surface area contributed by atoms with E-state index in [1.54, 1.807) is 4.57 Å². The van der Waals surface area contributed by atoms with Crippen LogP contribution in [-0.4, -0.2) is 41.3 Å². The van der Waals surface area contributed by atoms with Crippen molar-refractivity contribution >= 4 is 25.1 Å². The van der Waals surface area contributed by atoms with Crippen molar-refractivity contribution in [1.82, 2.24) is 19.5 Å². The van der Waals surface area contributed by atoms with Gasteiger partial charge in [0, 0.05) is 12.3 Å². The highest BCUT2D eigenvalue weighted by Crippen LogP contribution is 2.51. The van der Waals surface area contributed by atoms with Crippen LogP contribution >= 0.6 is 7.94 Å². The van der Waals surface area contributed by atoms with Crippen molar-refractivity contribution in [2.24, 2.45) is 0 Å². The van der Waals surface area contributed by atoms with Gasteiger partial charge in [0.05, 0.1) is 19.0 Å². The summed E-state index contributed by atoms with van der Waals surface area (Å²) in [6.45, 7) is 0.281. The maximum Gasteiger partial charge on any atom is 0.259 e. The lowest BCUT2D eigenvalue weighted by Crippen LogP contribution is -2.24. The molecule has 21 heavy (non-hydrogen) atoms. The van der Waals surface area contributed by atoms with Crippen molar-refractivity contribution in [2.75, 3.05) is 5.73 Å². The summed E-state index contributed by atoms with van der Waals surface area (Å²) in [7, 11) is -4.25. The molecule has 0 spiro atoms. The summed E-state index contributed by atoms with van der Waals surface area (Å²) in [5.41, 5.74) is 5.84. The molecule has 0 aliphatic carbocycles. The van der Waals surface area contributed by atoms with E-state index in [9.17, 15) is 10.00 Å². The Balaban J connectivity index is 1.80. The highest BCUT2D eigenvalue weighted by molar-refractivity contribution is 7.57. The maximum absolute atomic E-state index is 11.6. The van der Waals surface area contributed by atoms with Crippen LogP contribution in [0.1, 0.15) is 12.8 Å². The Morgan fingerprint density at radius 1 is 1.43 bits per heavy atom. The summed E-state index contributed by atoms with van der Waals surface area (Å²) in [5.74, 6) is -1.78. The summed E-state index contributed by atoms with van der Waals surface area (Å²) >= 11 is 0. The summed E-state index contributed by atoms with van der Waals surface area (Å²) in [4.78, 5) is 40.7. The Kier molecular flexibility index (Phi) is 3.42. The molecule has 0 aromatic carbocycles. The predicted octanol–water partition coefficient (Wildman–Crippen LogP) is -1.91. The monoisotopic (exact) mass is 314 g/mol. The Bertz CT molecular complexity index is 672. The Morgan fingerprint density at radius 2 is 2.19 bits per heavy atom. The number of aromatic nitrogens is 4. The molecule has 0 bridgehead atoms. The molecule has 0 unspecified atom stereocenters. The normalized spacial score (nSPS) is 23.0. The minimum atomic E-state index is -4.25. The molecule has 0 saturated carbocycles. The lowest BCUT2D eigenvalue weighted by Gasteiger charge is -2.22. The van der Waals surface area contributed by atoms with Crippen LogP contribution in [0.25, 0.3) is 11.2 Å². The van der Waals surface area contributed by atoms with E-state index in [2.05, 4.69) is 15.0 Å². The van der Waals surface area contributed by atoms with Crippen molar-refractivity contribution < 1.29 is 24.5 Å². The molecule has 0 amide bonds. The molecule has 3 rings (SSSR count). The quantitative estimate of drug-likeness (QED) is 0.548. The van der Waals surface area contributed by atoms with Gasteiger partial charge in [0.15, 0.2) is 5.65 Å². The molecule has 1 aliphatic rings. The van der Waals surface area contributed by atoms with Gasteiger partial charge in [-0.2, -0.15) is 4.98 Å². The first-order chi connectivity index (χ1) is 9.84. The van der Waals surface area contributed by atoms with Crippen molar-refractivity contribution in [3.8, 4) is 5.88 Å². The molecule has 4 N–H and O–H groups in total. The second-order valence-electron chi connectivity index (χ2n) is 4.84. The molecule has 11 heteroatoms. The average molecular weight is 314 g/mol. The standard InChI is InChI=1S/C10H14N5O5P/c11-10-13-8-7(9(16)14-10)12-4-15(8)3-5-1-2-6(20-5)21(17,18)19/h4-6H,1-3H2,(H2,17,18,19)(H3,11,13,14,16)/p-1/t5-,6+/m0/s1. The number of nitrogen functional groups attached to an aromatic ring is 1. The van der Waals surface area contributed by atoms with Crippen LogP contribution in [0.3, 0.4) is 0 Å². The fourth-order valence-corrected chi connectivity index (χ4v) is 3.17. The molecule has 1 aliphatic heterocycles. The average Bonchev–Trinajstić information content (AvgIpc) is 2.97. The first-order valence-electron chi connectivity index (χ1n) is 6.20.